The van der Waals surface area contributed by atoms with Gasteiger partial charge >= 0.3 is 0 Å². The van der Waals surface area contributed by atoms with Crippen LogP contribution in [0.2, 0.25) is 0 Å². The normalized spacial score (nSPS) is 17.4. The molecule has 0 unspecified atom stereocenters. The topological polar surface area (TPSA) is 38.7 Å². The summed E-state index contributed by atoms with van der Waals surface area (Å²) in [5, 5.41) is 1.76. The van der Waals surface area contributed by atoms with Crippen LogP contribution in [0.15, 0.2) is 29.7 Å². The van der Waals surface area contributed by atoms with Crippen LogP contribution in [0.1, 0.15) is 32.1 Å². The fraction of sp³-hybridized carbons (Fsp3) is 0.462. The Morgan fingerprint density at radius 3 is 2.82 bits per heavy atom. The van der Waals surface area contributed by atoms with Gasteiger partial charge in [-0.1, -0.05) is 19.3 Å². The Hall–Kier alpha value is -1.16. The maximum atomic E-state index is 4.40. The van der Waals surface area contributed by atoms with Crippen LogP contribution in [0.3, 0.4) is 0 Å². The van der Waals surface area contributed by atoms with E-state index in [0.717, 1.165) is 16.1 Å². The summed E-state index contributed by atoms with van der Waals surface area (Å²) in [5.41, 5.74) is 1.89. The highest BCUT2D eigenvalue weighted by Gasteiger charge is 2.17. The van der Waals surface area contributed by atoms with E-state index in [1.807, 2.05) is 30.1 Å². The first-order valence-electron chi connectivity index (χ1n) is 6.16. The quantitative estimate of drug-likeness (QED) is 0.760. The molecule has 2 aromatic heterocycles. The highest BCUT2D eigenvalue weighted by atomic mass is 32.2. The molecule has 0 spiro atoms. The minimum absolute atomic E-state index is 0.712. The number of hydrogen-bond donors (Lipinski definition) is 0. The maximum Gasteiger partial charge on any atom is 0.126 e. The Morgan fingerprint density at radius 2 is 1.94 bits per heavy atom. The Balaban J connectivity index is 1.89. The number of aromatic nitrogens is 3. The smallest absolute Gasteiger partial charge is 0.126 e. The standard InChI is InChI=1S/C13H15N3S/c1-2-5-10(6-3-1)17-13-12-11(15-9-16-13)7-4-8-14-12/h4,7-10H,1-3,5-6H2. The van der Waals surface area contributed by atoms with Crippen molar-refractivity contribution in [2.24, 2.45) is 0 Å². The average molecular weight is 245 g/mol. The molecule has 0 aliphatic heterocycles. The second-order valence-electron chi connectivity index (χ2n) is 4.43. The molecule has 1 fully saturated rings. The van der Waals surface area contributed by atoms with Crippen LogP contribution in [-0.2, 0) is 0 Å². The van der Waals surface area contributed by atoms with Crippen molar-refractivity contribution in [3.8, 4) is 0 Å². The molecular weight excluding hydrogens is 230 g/mol. The molecule has 2 heterocycles. The number of thioether (sulfide) groups is 1. The molecule has 1 aliphatic rings. The molecule has 2 aromatic rings. The van der Waals surface area contributed by atoms with Crippen LogP contribution in [-0.4, -0.2) is 20.2 Å². The number of fused-ring (bicyclic) bond motifs is 1. The summed E-state index contributed by atoms with van der Waals surface area (Å²) in [6.07, 6.45) is 10.2. The number of rotatable bonds is 2. The third kappa shape index (κ3) is 2.41. The van der Waals surface area contributed by atoms with Crippen molar-refractivity contribution >= 4 is 22.8 Å². The van der Waals surface area contributed by atoms with Crippen molar-refractivity contribution in [3.05, 3.63) is 24.7 Å². The summed E-state index contributed by atoms with van der Waals surface area (Å²) in [7, 11) is 0. The van der Waals surface area contributed by atoms with Gasteiger partial charge in [-0.15, -0.1) is 11.8 Å². The SMILES string of the molecule is c1cnc2c(SC3CCCCC3)ncnc2c1. The van der Waals surface area contributed by atoms with Gasteiger partial charge in [0.25, 0.3) is 0 Å². The molecule has 0 saturated heterocycles. The first kappa shape index (κ1) is 11.0. The molecule has 1 aliphatic carbocycles. The van der Waals surface area contributed by atoms with Crippen molar-refractivity contribution < 1.29 is 0 Å². The summed E-state index contributed by atoms with van der Waals surface area (Å²) in [6.45, 7) is 0. The van der Waals surface area contributed by atoms with Crippen molar-refractivity contribution in [2.45, 2.75) is 42.4 Å². The Labute approximate surface area is 105 Å². The van der Waals surface area contributed by atoms with E-state index >= 15 is 0 Å². The molecule has 0 bridgehead atoms. The molecule has 3 rings (SSSR count). The highest BCUT2D eigenvalue weighted by Crippen LogP contribution is 2.34. The van der Waals surface area contributed by atoms with Crippen molar-refractivity contribution in [2.75, 3.05) is 0 Å². The monoisotopic (exact) mass is 245 g/mol. The molecular formula is C13H15N3S. The molecule has 0 atom stereocenters. The van der Waals surface area contributed by atoms with Gasteiger partial charge in [-0.25, -0.2) is 9.97 Å². The lowest BCUT2D eigenvalue weighted by atomic mass is 10.0. The van der Waals surface area contributed by atoms with Gasteiger partial charge in [0, 0.05) is 11.4 Å². The third-order valence-electron chi connectivity index (χ3n) is 3.19. The molecule has 88 valence electrons. The third-order valence-corrected chi connectivity index (χ3v) is 4.52. The maximum absolute atomic E-state index is 4.40. The number of hydrogen-bond acceptors (Lipinski definition) is 4. The van der Waals surface area contributed by atoms with Gasteiger partial charge in [0.2, 0.25) is 0 Å². The first-order valence-corrected chi connectivity index (χ1v) is 7.04. The van der Waals surface area contributed by atoms with E-state index in [4.69, 9.17) is 0 Å². The second-order valence-corrected chi connectivity index (χ2v) is 5.72. The summed E-state index contributed by atoms with van der Waals surface area (Å²) >= 11 is 1.88. The summed E-state index contributed by atoms with van der Waals surface area (Å²) in [6, 6.07) is 3.92. The van der Waals surface area contributed by atoms with Crippen LogP contribution < -0.4 is 0 Å². The zero-order chi connectivity index (χ0) is 11.5. The zero-order valence-corrected chi connectivity index (χ0v) is 10.5. The van der Waals surface area contributed by atoms with Crippen LogP contribution in [0.25, 0.3) is 11.0 Å². The highest BCUT2D eigenvalue weighted by molar-refractivity contribution is 8.00. The van der Waals surface area contributed by atoms with Crippen LogP contribution in [0, 0.1) is 0 Å². The van der Waals surface area contributed by atoms with E-state index in [-0.39, 0.29) is 0 Å². The van der Waals surface area contributed by atoms with E-state index in [1.165, 1.54) is 32.1 Å². The van der Waals surface area contributed by atoms with Crippen molar-refractivity contribution in [1.29, 1.82) is 0 Å². The summed E-state index contributed by atoms with van der Waals surface area (Å²) < 4.78 is 0. The average Bonchev–Trinajstić information content (AvgIpc) is 2.40. The van der Waals surface area contributed by atoms with E-state index in [0.29, 0.717) is 5.25 Å². The number of nitrogens with zero attached hydrogens (tertiary/aromatic N) is 3. The predicted octanol–water partition coefficient (Wildman–Crippen LogP) is 3.45. The lowest BCUT2D eigenvalue weighted by Crippen LogP contribution is -2.08. The lowest BCUT2D eigenvalue weighted by Gasteiger charge is -2.20. The van der Waals surface area contributed by atoms with Crippen LogP contribution >= 0.6 is 11.8 Å². The van der Waals surface area contributed by atoms with Gasteiger partial charge in [-0.2, -0.15) is 0 Å². The van der Waals surface area contributed by atoms with Gasteiger partial charge in [-0.05, 0) is 25.0 Å². The largest absolute Gasteiger partial charge is 0.252 e. The summed E-state index contributed by atoms with van der Waals surface area (Å²) in [5.74, 6) is 0. The Bertz CT molecular complexity index is 503. The van der Waals surface area contributed by atoms with Gasteiger partial charge in [0.15, 0.2) is 0 Å². The minimum Gasteiger partial charge on any atom is -0.252 e. The van der Waals surface area contributed by atoms with Crippen molar-refractivity contribution in [1.82, 2.24) is 15.0 Å². The molecule has 1 saturated carbocycles. The van der Waals surface area contributed by atoms with E-state index < -0.39 is 0 Å². The van der Waals surface area contributed by atoms with E-state index in [1.54, 1.807) is 6.33 Å². The second kappa shape index (κ2) is 5.00. The zero-order valence-electron chi connectivity index (χ0n) is 9.67. The molecule has 4 heteroatoms. The summed E-state index contributed by atoms with van der Waals surface area (Å²) in [4.78, 5) is 13.0. The Kier molecular flexibility index (Phi) is 3.22. The molecule has 0 N–H and O–H groups in total. The van der Waals surface area contributed by atoms with E-state index in [2.05, 4.69) is 15.0 Å². The molecule has 17 heavy (non-hydrogen) atoms. The van der Waals surface area contributed by atoms with Crippen LogP contribution in [0.4, 0.5) is 0 Å². The molecule has 0 aromatic carbocycles. The lowest BCUT2D eigenvalue weighted by molar-refractivity contribution is 0.516. The van der Waals surface area contributed by atoms with Gasteiger partial charge in [-0.3, -0.25) is 4.98 Å². The number of pyridine rings is 1. The predicted molar refractivity (Wildman–Crippen MR) is 70.1 cm³/mol. The Morgan fingerprint density at radius 1 is 1.06 bits per heavy atom. The fourth-order valence-electron chi connectivity index (χ4n) is 2.30. The fourth-order valence-corrected chi connectivity index (χ4v) is 3.56. The van der Waals surface area contributed by atoms with Crippen molar-refractivity contribution in [3.63, 3.8) is 0 Å². The minimum atomic E-state index is 0.712. The van der Waals surface area contributed by atoms with Gasteiger partial charge in [0.05, 0.1) is 5.52 Å². The first-order chi connectivity index (χ1) is 8.43. The van der Waals surface area contributed by atoms with Crippen LogP contribution in [0.5, 0.6) is 0 Å². The molecule has 0 radical (unpaired) electrons. The van der Waals surface area contributed by atoms with Gasteiger partial charge in [0.1, 0.15) is 16.9 Å². The van der Waals surface area contributed by atoms with Gasteiger partial charge < -0.3 is 0 Å². The molecule has 3 nitrogen and oxygen atoms in total. The molecule has 0 amide bonds. The van der Waals surface area contributed by atoms with E-state index in [9.17, 15) is 0 Å².